The summed E-state index contributed by atoms with van der Waals surface area (Å²) in [6.45, 7) is 0. The van der Waals surface area contributed by atoms with Crippen LogP contribution in [0.4, 0.5) is 34.1 Å². The van der Waals surface area contributed by atoms with Gasteiger partial charge in [-0.1, -0.05) is 224 Å². The second kappa shape index (κ2) is 16.8. The Morgan fingerprint density at radius 2 is 0.812 bits per heavy atom. The van der Waals surface area contributed by atoms with Gasteiger partial charge in [0.2, 0.25) is 0 Å². The van der Waals surface area contributed by atoms with Gasteiger partial charge < -0.3 is 9.80 Å². The summed E-state index contributed by atoms with van der Waals surface area (Å²) in [5.74, 6) is 0. The Hall–Kier alpha value is -8.76. The molecular formula is C66H46N2Si. The molecule has 12 aromatic carbocycles. The first kappa shape index (κ1) is 40.5. The van der Waals surface area contributed by atoms with Crippen molar-refractivity contribution in [2.45, 2.75) is 0 Å². The zero-order valence-electron chi connectivity index (χ0n) is 38.0. The normalized spacial score (nSPS) is 12.7. The van der Waals surface area contributed by atoms with E-state index in [9.17, 15) is 0 Å². The maximum atomic E-state index is 2.52. The maximum absolute atomic E-state index is 2.88. The minimum absolute atomic E-state index is 1.09. The molecule has 0 bridgehead atoms. The van der Waals surface area contributed by atoms with Crippen LogP contribution >= 0.6 is 0 Å². The van der Waals surface area contributed by atoms with Gasteiger partial charge in [-0.2, -0.15) is 0 Å². The highest BCUT2D eigenvalue weighted by Crippen LogP contribution is 2.44. The summed E-state index contributed by atoms with van der Waals surface area (Å²) in [5.41, 5.74) is 11.7. The van der Waals surface area contributed by atoms with Crippen molar-refractivity contribution in [2.75, 3.05) is 9.80 Å². The predicted molar refractivity (Wildman–Crippen MR) is 296 cm³/mol. The predicted octanol–water partition coefficient (Wildman–Crippen LogP) is 15.1. The fourth-order valence-corrected chi connectivity index (χ4v) is 16.3. The Balaban J connectivity index is 0.988. The zero-order valence-corrected chi connectivity index (χ0v) is 39.0. The van der Waals surface area contributed by atoms with Crippen LogP contribution in [-0.4, -0.2) is 8.07 Å². The van der Waals surface area contributed by atoms with Crippen molar-refractivity contribution in [3.05, 3.63) is 279 Å². The SMILES string of the molecule is c1ccc(N2c3ccccc3[Si](c3ccccc3)(c3ccccc3)c3cc(-c4ccc(N(c5ccc(-c6cccc7ccccc67)cc5)c5cc6ccccc6c6ccccc56)cc4)ccc32)cc1. The third kappa shape index (κ3) is 6.70. The molecule has 0 saturated heterocycles. The molecule has 1 aliphatic rings. The fraction of sp³-hybridized carbons (Fsp3) is 0. The van der Waals surface area contributed by atoms with Crippen molar-refractivity contribution >= 4 is 95.3 Å². The molecule has 0 aliphatic carbocycles. The van der Waals surface area contributed by atoms with Gasteiger partial charge in [-0.05, 0) is 125 Å². The molecule has 0 aromatic heterocycles. The maximum Gasteiger partial charge on any atom is 0.184 e. The number of fused-ring (bicyclic) bond motifs is 6. The number of anilines is 6. The minimum Gasteiger partial charge on any atom is -0.311 e. The van der Waals surface area contributed by atoms with Crippen LogP contribution in [0.1, 0.15) is 0 Å². The highest BCUT2D eigenvalue weighted by Gasteiger charge is 2.49. The lowest BCUT2D eigenvalue weighted by Crippen LogP contribution is -2.77. The third-order valence-corrected chi connectivity index (χ3v) is 19.1. The highest BCUT2D eigenvalue weighted by molar-refractivity contribution is 7.21. The highest BCUT2D eigenvalue weighted by atomic mass is 28.3. The van der Waals surface area contributed by atoms with E-state index >= 15 is 0 Å². The van der Waals surface area contributed by atoms with Gasteiger partial charge in [0, 0.05) is 33.8 Å². The van der Waals surface area contributed by atoms with Gasteiger partial charge in [0.15, 0.2) is 8.07 Å². The average Bonchev–Trinajstić information content (AvgIpc) is 3.43. The molecule has 12 aromatic rings. The van der Waals surface area contributed by atoms with Gasteiger partial charge in [0.1, 0.15) is 0 Å². The summed E-state index contributed by atoms with van der Waals surface area (Å²) in [7, 11) is -2.88. The van der Waals surface area contributed by atoms with E-state index in [2.05, 4.69) is 289 Å². The molecule has 2 nitrogen and oxygen atoms in total. The molecule has 3 heteroatoms. The summed E-state index contributed by atoms with van der Waals surface area (Å²) in [4.78, 5) is 4.92. The molecular weight excluding hydrogens is 849 g/mol. The van der Waals surface area contributed by atoms with Gasteiger partial charge in [-0.15, -0.1) is 0 Å². The molecule has 0 fully saturated rings. The van der Waals surface area contributed by atoms with E-state index in [1.54, 1.807) is 0 Å². The van der Waals surface area contributed by atoms with Crippen molar-refractivity contribution in [2.24, 2.45) is 0 Å². The number of para-hydroxylation sites is 2. The molecule has 0 N–H and O–H groups in total. The first-order chi connectivity index (χ1) is 34.2. The first-order valence-corrected chi connectivity index (χ1v) is 25.8. The lowest BCUT2D eigenvalue weighted by atomic mass is 9.97. The van der Waals surface area contributed by atoms with Crippen LogP contribution in [0.25, 0.3) is 54.6 Å². The van der Waals surface area contributed by atoms with Crippen LogP contribution in [0.2, 0.25) is 0 Å². The van der Waals surface area contributed by atoms with E-state index in [1.165, 1.54) is 86.7 Å². The zero-order chi connectivity index (χ0) is 45.7. The summed E-state index contributed by atoms with van der Waals surface area (Å²) < 4.78 is 0. The second-order valence-corrected chi connectivity index (χ2v) is 21.8. The minimum atomic E-state index is -2.88. The molecule has 69 heavy (non-hydrogen) atoms. The van der Waals surface area contributed by atoms with Crippen LogP contribution < -0.4 is 30.5 Å². The molecule has 13 rings (SSSR count). The van der Waals surface area contributed by atoms with Crippen LogP contribution in [0, 0.1) is 0 Å². The topological polar surface area (TPSA) is 6.48 Å². The smallest absolute Gasteiger partial charge is 0.184 e. The Kier molecular flexibility index (Phi) is 9.88. The molecule has 0 saturated carbocycles. The van der Waals surface area contributed by atoms with Gasteiger partial charge in [-0.3, -0.25) is 0 Å². The molecule has 0 amide bonds. The number of rotatable bonds is 8. The lowest BCUT2D eigenvalue weighted by molar-refractivity contribution is 1.29. The number of benzene rings is 12. The lowest BCUT2D eigenvalue weighted by Gasteiger charge is -2.45. The summed E-state index contributed by atoms with van der Waals surface area (Å²) in [6, 6.07) is 103. The van der Waals surface area contributed by atoms with Crippen LogP contribution in [0.5, 0.6) is 0 Å². The Labute approximate surface area is 404 Å². The van der Waals surface area contributed by atoms with Gasteiger partial charge in [0.05, 0.1) is 5.69 Å². The van der Waals surface area contributed by atoms with Crippen LogP contribution in [-0.2, 0) is 0 Å². The van der Waals surface area contributed by atoms with Crippen molar-refractivity contribution in [3.63, 3.8) is 0 Å². The van der Waals surface area contributed by atoms with Gasteiger partial charge in [-0.25, -0.2) is 0 Å². The Morgan fingerprint density at radius 1 is 0.304 bits per heavy atom. The van der Waals surface area contributed by atoms with Crippen LogP contribution in [0.15, 0.2) is 279 Å². The van der Waals surface area contributed by atoms with Gasteiger partial charge >= 0.3 is 0 Å². The van der Waals surface area contributed by atoms with Gasteiger partial charge in [0.25, 0.3) is 0 Å². The largest absolute Gasteiger partial charge is 0.311 e. The molecule has 1 heterocycles. The summed E-state index contributed by atoms with van der Waals surface area (Å²) in [6.07, 6.45) is 0. The van der Waals surface area contributed by atoms with E-state index in [-0.39, 0.29) is 0 Å². The fourth-order valence-electron chi connectivity index (χ4n) is 11.2. The monoisotopic (exact) mass is 894 g/mol. The summed E-state index contributed by atoms with van der Waals surface area (Å²) in [5, 5.41) is 12.9. The Morgan fingerprint density at radius 3 is 1.51 bits per heavy atom. The number of hydrogen-bond acceptors (Lipinski definition) is 2. The van der Waals surface area contributed by atoms with Crippen molar-refractivity contribution in [1.82, 2.24) is 0 Å². The Bertz CT molecular complexity index is 3790. The van der Waals surface area contributed by atoms with E-state index in [4.69, 9.17) is 0 Å². The average molecular weight is 895 g/mol. The molecule has 324 valence electrons. The second-order valence-electron chi connectivity index (χ2n) is 18.0. The quantitative estimate of drug-likeness (QED) is 0.111. The van der Waals surface area contributed by atoms with Crippen molar-refractivity contribution < 1.29 is 0 Å². The van der Waals surface area contributed by atoms with E-state index in [0.717, 1.165) is 22.7 Å². The van der Waals surface area contributed by atoms with E-state index in [0.29, 0.717) is 0 Å². The molecule has 0 spiro atoms. The molecule has 0 unspecified atom stereocenters. The molecule has 0 atom stereocenters. The van der Waals surface area contributed by atoms with Crippen molar-refractivity contribution in [3.8, 4) is 22.3 Å². The third-order valence-electron chi connectivity index (χ3n) is 14.3. The number of hydrogen-bond donors (Lipinski definition) is 0. The first-order valence-electron chi connectivity index (χ1n) is 23.8. The van der Waals surface area contributed by atoms with E-state index in [1.807, 2.05) is 0 Å². The number of nitrogens with zero attached hydrogens (tertiary/aromatic N) is 2. The standard InChI is InChI=1S/C66H46N2Si/c1-4-22-52(23-5-1)68-62-33-16-17-34-65(62)69(55-24-6-2-7-25-55,56-26-8-3-9-27-56)66-46-50(39-44-63(66)68)47-35-40-53(41-36-47)67(64-45-51-20-11-13-29-59(51)60-30-14-15-31-61(60)64)54-42-37-49(38-43-54)58-32-18-21-48-19-10-12-28-57(48)58/h1-46H. The molecule has 1 aliphatic heterocycles. The van der Waals surface area contributed by atoms with E-state index < -0.39 is 8.07 Å². The van der Waals surface area contributed by atoms with Crippen LogP contribution in [0.3, 0.4) is 0 Å². The summed E-state index contributed by atoms with van der Waals surface area (Å²) >= 11 is 0. The molecule has 0 radical (unpaired) electrons. The van der Waals surface area contributed by atoms with Crippen molar-refractivity contribution in [1.29, 1.82) is 0 Å².